The Morgan fingerprint density at radius 1 is 1.35 bits per heavy atom. The second-order valence-corrected chi connectivity index (χ2v) is 10.9. The maximum atomic E-state index is 6.15. The number of ether oxygens (including phenoxy) is 2. The van der Waals surface area contributed by atoms with Crippen LogP contribution in [0.1, 0.15) is 27.2 Å². The smallest absolute Gasteiger partial charge is 0.192 e. The van der Waals surface area contributed by atoms with E-state index in [0.717, 1.165) is 6.42 Å². The largest absolute Gasteiger partial charge is 0.414 e. The molecule has 0 spiro atoms. The fourth-order valence-corrected chi connectivity index (χ4v) is 2.43. The summed E-state index contributed by atoms with van der Waals surface area (Å²) in [6, 6.07) is 0. The van der Waals surface area contributed by atoms with E-state index in [1.807, 2.05) is 6.08 Å². The molecule has 1 heterocycles. The second kappa shape index (κ2) is 5.65. The molecule has 0 radical (unpaired) electrons. The lowest BCUT2D eigenvalue weighted by Gasteiger charge is -2.37. The Morgan fingerprint density at radius 3 is 2.53 bits per heavy atom. The number of rotatable bonds is 4. The standard InChI is InChI=1S/C13H26O3Si/c1-13(2,3)17(5,6)15-10-11-8-7-9-12(14-4)16-11/h7,9,11-12H,8,10H2,1-6H3. The Kier molecular flexibility index (Phi) is 4.95. The van der Waals surface area contributed by atoms with Crippen molar-refractivity contribution in [3.8, 4) is 0 Å². The highest BCUT2D eigenvalue weighted by Crippen LogP contribution is 2.36. The van der Waals surface area contributed by atoms with Crippen LogP contribution in [-0.4, -0.2) is 34.4 Å². The lowest BCUT2D eigenvalue weighted by molar-refractivity contribution is -0.140. The summed E-state index contributed by atoms with van der Waals surface area (Å²) in [5.74, 6) is 0. The van der Waals surface area contributed by atoms with Gasteiger partial charge in [-0.3, -0.25) is 0 Å². The maximum absolute atomic E-state index is 6.15. The summed E-state index contributed by atoms with van der Waals surface area (Å²) in [5.41, 5.74) is 0. The molecule has 0 aliphatic carbocycles. The number of hydrogen-bond acceptors (Lipinski definition) is 3. The molecule has 0 saturated heterocycles. The maximum Gasteiger partial charge on any atom is 0.192 e. The molecule has 100 valence electrons. The van der Waals surface area contributed by atoms with Gasteiger partial charge in [0.05, 0.1) is 12.7 Å². The highest BCUT2D eigenvalue weighted by Gasteiger charge is 2.37. The van der Waals surface area contributed by atoms with Crippen molar-refractivity contribution in [1.82, 2.24) is 0 Å². The van der Waals surface area contributed by atoms with E-state index in [0.29, 0.717) is 6.61 Å². The third kappa shape index (κ3) is 4.21. The van der Waals surface area contributed by atoms with Crippen LogP contribution in [0.3, 0.4) is 0 Å². The molecule has 0 bridgehead atoms. The molecular formula is C13H26O3Si. The zero-order chi connectivity index (χ0) is 13.1. The first-order valence-electron chi connectivity index (χ1n) is 6.25. The SMILES string of the molecule is COC1C=CCC(CO[Si](C)(C)C(C)(C)C)O1. The predicted octanol–water partition coefficient (Wildman–Crippen LogP) is 3.33. The van der Waals surface area contributed by atoms with Crippen LogP contribution in [0.5, 0.6) is 0 Å². The highest BCUT2D eigenvalue weighted by atomic mass is 28.4. The van der Waals surface area contributed by atoms with E-state index in [2.05, 4.69) is 39.9 Å². The van der Waals surface area contributed by atoms with Crippen molar-refractivity contribution >= 4 is 8.32 Å². The van der Waals surface area contributed by atoms with Crippen LogP contribution < -0.4 is 0 Å². The lowest BCUT2D eigenvalue weighted by atomic mass is 10.2. The molecule has 3 nitrogen and oxygen atoms in total. The van der Waals surface area contributed by atoms with E-state index in [1.165, 1.54) is 0 Å². The second-order valence-electron chi connectivity index (χ2n) is 6.10. The van der Waals surface area contributed by atoms with Crippen LogP contribution in [-0.2, 0) is 13.9 Å². The third-order valence-electron chi connectivity index (χ3n) is 3.69. The van der Waals surface area contributed by atoms with Crippen LogP contribution in [0.4, 0.5) is 0 Å². The highest BCUT2D eigenvalue weighted by molar-refractivity contribution is 6.74. The van der Waals surface area contributed by atoms with Gasteiger partial charge in [0.15, 0.2) is 14.6 Å². The van der Waals surface area contributed by atoms with Gasteiger partial charge in [0.2, 0.25) is 0 Å². The molecule has 0 amide bonds. The van der Waals surface area contributed by atoms with Gasteiger partial charge in [0.25, 0.3) is 0 Å². The fraction of sp³-hybridized carbons (Fsp3) is 0.846. The van der Waals surface area contributed by atoms with Gasteiger partial charge in [0.1, 0.15) is 0 Å². The van der Waals surface area contributed by atoms with Gasteiger partial charge in [-0.1, -0.05) is 26.8 Å². The molecule has 1 aliphatic heterocycles. The van der Waals surface area contributed by atoms with Crippen molar-refractivity contribution in [2.75, 3.05) is 13.7 Å². The van der Waals surface area contributed by atoms with E-state index in [1.54, 1.807) is 7.11 Å². The summed E-state index contributed by atoms with van der Waals surface area (Å²) >= 11 is 0. The molecule has 0 saturated carbocycles. The normalized spacial score (nSPS) is 26.2. The van der Waals surface area contributed by atoms with Crippen LogP contribution in [0.2, 0.25) is 18.1 Å². The molecule has 2 unspecified atom stereocenters. The Morgan fingerprint density at radius 2 is 2.00 bits per heavy atom. The number of hydrogen-bond donors (Lipinski definition) is 0. The van der Waals surface area contributed by atoms with Gasteiger partial charge in [-0.15, -0.1) is 0 Å². The molecule has 1 rings (SSSR count). The zero-order valence-electron chi connectivity index (χ0n) is 11.9. The Labute approximate surface area is 106 Å². The van der Waals surface area contributed by atoms with Crippen molar-refractivity contribution in [2.24, 2.45) is 0 Å². The van der Waals surface area contributed by atoms with Crippen molar-refractivity contribution in [3.05, 3.63) is 12.2 Å². The van der Waals surface area contributed by atoms with Gasteiger partial charge < -0.3 is 13.9 Å². The summed E-state index contributed by atoms with van der Waals surface area (Å²) in [4.78, 5) is 0. The van der Waals surface area contributed by atoms with Gasteiger partial charge in [-0.05, 0) is 30.6 Å². The van der Waals surface area contributed by atoms with Crippen LogP contribution in [0, 0.1) is 0 Å². The lowest BCUT2D eigenvalue weighted by Crippen LogP contribution is -2.43. The van der Waals surface area contributed by atoms with Crippen LogP contribution >= 0.6 is 0 Å². The van der Waals surface area contributed by atoms with Gasteiger partial charge in [-0.25, -0.2) is 0 Å². The molecule has 4 heteroatoms. The topological polar surface area (TPSA) is 27.7 Å². The molecule has 17 heavy (non-hydrogen) atoms. The summed E-state index contributed by atoms with van der Waals surface area (Å²) in [6.07, 6.45) is 4.88. The summed E-state index contributed by atoms with van der Waals surface area (Å²) in [5, 5.41) is 0.248. The summed E-state index contributed by atoms with van der Waals surface area (Å²) in [7, 11) is -0.00717. The Hall–Kier alpha value is -0.163. The molecule has 0 aromatic carbocycles. The minimum Gasteiger partial charge on any atom is -0.414 e. The van der Waals surface area contributed by atoms with E-state index < -0.39 is 8.32 Å². The molecule has 2 atom stereocenters. The van der Waals surface area contributed by atoms with E-state index in [9.17, 15) is 0 Å². The monoisotopic (exact) mass is 258 g/mol. The Bertz CT molecular complexity index is 268. The molecule has 0 N–H and O–H groups in total. The van der Waals surface area contributed by atoms with Crippen LogP contribution in [0.15, 0.2) is 12.2 Å². The quantitative estimate of drug-likeness (QED) is 0.572. The van der Waals surface area contributed by atoms with Gasteiger partial charge >= 0.3 is 0 Å². The molecule has 0 aromatic rings. The molecule has 0 aromatic heterocycles. The average Bonchev–Trinajstić information content (AvgIpc) is 2.25. The molecule has 1 aliphatic rings. The van der Waals surface area contributed by atoms with E-state index >= 15 is 0 Å². The minimum atomic E-state index is -1.67. The number of methoxy groups -OCH3 is 1. The summed E-state index contributed by atoms with van der Waals surface area (Å²) in [6.45, 7) is 11.9. The zero-order valence-corrected chi connectivity index (χ0v) is 12.9. The van der Waals surface area contributed by atoms with Crippen molar-refractivity contribution < 1.29 is 13.9 Å². The first-order chi connectivity index (χ1) is 7.76. The predicted molar refractivity (Wildman–Crippen MR) is 72.6 cm³/mol. The first-order valence-corrected chi connectivity index (χ1v) is 9.16. The van der Waals surface area contributed by atoms with Gasteiger partial charge in [0, 0.05) is 7.11 Å². The molecular weight excluding hydrogens is 232 g/mol. The van der Waals surface area contributed by atoms with E-state index in [4.69, 9.17) is 13.9 Å². The van der Waals surface area contributed by atoms with Crippen molar-refractivity contribution in [1.29, 1.82) is 0 Å². The molecule has 0 fully saturated rings. The van der Waals surface area contributed by atoms with Crippen molar-refractivity contribution in [2.45, 2.75) is 57.7 Å². The van der Waals surface area contributed by atoms with Crippen molar-refractivity contribution in [3.63, 3.8) is 0 Å². The average molecular weight is 258 g/mol. The first kappa shape index (κ1) is 14.9. The Balaban J connectivity index is 2.44. The fourth-order valence-electron chi connectivity index (χ4n) is 1.39. The van der Waals surface area contributed by atoms with Gasteiger partial charge in [-0.2, -0.15) is 0 Å². The van der Waals surface area contributed by atoms with E-state index in [-0.39, 0.29) is 17.4 Å². The third-order valence-corrected chi connectivity index (χ3v) is 8.19. The van der Waals surface area contributed by atoms with Crippen LogP contribution in [0.25, 0.3) is 0 Å². The minimum absolute atomic E-state index is 0.124. The summed E-state index contributed by atoms with van der Waals surface area (Å²) < 4.78 is 17.0.